The van der Waals surface area contributed by atoms with Crippen LogP contribution in [0.2, 0.25) is 0 Å². The fourth-order valence-corrected chi connectivity index (χ4v) is 3.42. The fraction of sp³-hybridized carbons (Fsp3) is 0.647. The molecule has 1 aliphatic rings. The zero-order valence-corrected chi connectivity index (χ0v) is 11.9. The average molecular weight is 245 g/mol. The van der Waals surface area contributed by atoms with Gasteiger partial charge in [0.15, 0.2) is 0 Å². The number of nitrogens with two attached hydrogens (primary N) is 1. The lowest BCUT2D eigenvalue weighted by molar-refractivity contribution is 0.288. The molecule has 2 rings (SSSR count). The molecule has 100 valence electrons. The first kappa shape index (κ1) is 13.6. The van der Waals surface area contributed by atoms with Gasteiger partial charge in [-0.2, -0.15) is 0 Å². The van der Waals surface area contributed by atoms with Crippen LogP contribution in [-0.2, 0) is 12.0 Å². The van der Waals surface area contributed by atoms with Gasteiger partial charge in [0, 0.05) is 5.54 Å². The van der Waals surface area contributed by atoms with Crippen molar-refractivity contribution < 1.29 is 0 Å². The Morgan fingerprint density at radius 3 is 2.61 bits per heavy atom. The van der Waals surface area contributed by atoms with Gasteiger partial charge in [0.25, 0.3) is 0 Å². The topological polar surface area (TPSA) is 26.0 Å². The van der Waals surface area contributed by atoms with E-state index in [1.165, 1.54) is 43.2 Å². The second kappa shape index (κ2) is 5.88. The summed E-state index contributed by atoms with van der Waals surface area (Å²) in [7, 11) is 0. The molecule has 0 bridgehead atoms. The number of benzene rings is 1. The highest BCUT2D eigenvalue weighted by molar-refractivity contribution is 5.34. The Morgan fingerprint density at radius 2 is 1.89 bits per heavy atom. The predicted molar refractivity (Wildman–Crippen MR) is 78.6 cm³/mol. The average Bonchev–Trinajstić information content (AvgIpc) is 2.57. The van der Waals surface area contributed by atoms with E-state index in [2.05, 4.69) is 38.1 Å². The second-order valence-electron chi connectivity index (χ2n) is 5.91. The Kier molecular flexibility index (Phi) is 4.45. The van der Waals surface area contributed by atoms with Crippen molar-refractivity contribution in [2.24, 2.45) is 11.7 Å². The minimum Gasteiger partial charge on any atom is -0.321 e. The van der Waals surface area contributed by atoms with Crippen LogP contribution in [0.1, 0.15) is 63.5 Å². The molecule has 0 amide bonds. The Bertz CT molecular complexity index is 381. The minimum absolute atomic E-state index is 0.0796. The van der Waals surface area contributed by atoms with Gasteiger partial charge >= 0.3 is 0 Å². The van der Waals surface area contributed by atoms with Gasteiger partial charge in [-0.15, -0.1) is 0 Å². The molecule has 1 atom stereocenters. The third kappa shape index (κ3) is 2.77. The van der Waals surface area contributed by atoms with E-state index in [0.29, 0.717) is 0 Å². The molecule has 1 nitrogen and oxygen atoms in total. The molecule has 0 aliphatic heterocycles. The normalized spacial score (nSPS) is 23.8. The first-order valence-corrected chi connectivity index (χ1v) is 7.57. The summed E-state index contributed by atoms with van der Waals surface area (Å²) in [5, 5.41) is 0. The summed E-state index contributed by atoms with van der Waals surface area (Å²) in [6.07, 6.45) is 8.56. The van der Waals surface area contributed by atoms with Crippen molar-refractivity contribution in [1.82, 2.24) is 0 Å². The third-order valence-electron chi connectivity index (χ3n) is 4.68. The summed E-state index contributed by atoms with van der Waals surface area (Å²) in [5.74, 6) is 0.765. The number of hydrogen-bond donors (Lipinski definition) is 1. The Hall–Kier alpha value is -0.820. The lowest BCUT2D eigenvalue weighted by Crippen LogP contribution is -2.38. The summed E-state index contributed by atoms with van der Waals surface area (Å²) < 4.78 is 0. The molecule has 0 radical (unpaired) electrons. The first-order valence-electron chi connectivity index (χ1n) is 7.57. The van der Waals surface area contributed by atoms with E-state index in [1.807, 2.05) is 0 Å². The Labute approximate surface area is 112 Å². The summed E-state index contributed by atoms with van der Waals surface area (Å²) in [5.41, 5.74) is 9.66. The minimum atomic E-state index is -0.0796. The zero-order chi connectivity index (χ0) is 13.0. The standard InChI is InChI=1S/C17H27N/c1-3-14(4-2)13-17(18)12-8-7-10-15-9-5-6-11-16(15)17/h5-6,9,11,14H,3-4,7-8,10,12-13,18H2,1-2H3. The molecule has 1 aromatic carbocycles. The van der Waals surface area contributed by atoms with E-state index in [-0.39, 0.29) is 5.54 Å². The van der Waals surface area contributed by atoms with Crippen LogP contribution in [0.4, 0.5) is 0 Å². The molecule has 0 saturated heterocycles. The Balaban J connectivity index is 2.30. The Morgan fingerprint density at radius 1 is 1.17 bits per heavy atom. The molecule has 0 aromatic heterocycles. The van der Waals surface area contributed by atoms with Crippen LogP contribution >= 0.6 is 0 Å². The molecule has 2 N–H and O–H groups in total. The maximum absolute atomic E-state index is 6.82. The van der Waals surface area contributed by atoms with E-state index in [1.54, 1.807) is 0 Å². The summed E-state index contributed by atoms with van der Waals surface area (Å²) >= 11 is 0. The van der Waals surface area contributed by atoms with Crippen LogP contribution < -0.4 is 5.73 Å². The van der Waals surface area contributed by atoms with Gasteiger partial charge in [-0.3, -0.25) is 0 Å². The van der Waals surface area contributed by atoms with Crippen molar-refractivity contribution in [1.29, 1.82) is 0 Å². The molecular formula is C17H27N. The van der Waals surface area contributed by atoms with Crippen LogP contribution in [0.15, 0.2) is 24.3 Å². The van der Waals surface area contributed by atoms with Crippen LogP contribution in [0.3, 0.4) is 0 Å². The van der Waals surface area contributed by atoms with Crippen molar-refractivity contribution in [3.63, 3.8) is 0 Å². The van der Waals surface area contributed by atoms with Gasteiger partial charge in [-0.05, 0) is 42.7 Å². The third-order valence-corrected chi connectivity index (χ3v) is 4.68. The van der Waals surface area contributed by atoms with Crippen LogP contribution in [0, 0.1) is 5.92 Å². The summed E-state index contributed by atoms with van der Waals surface area (Å²) in [6, 6.07) is 8.85. The van der Waals surface area contributed by atoms with E-state index >= 15 is 0 Å². The van der Waals surface area contributed by atoms with Gasteiger partial charge in [0.1, 0.15) is 0 Å². The predicted octanol–water partition coefficient (Wildman–Crippen LogP) is 4.39. The highest BCUT2D eigenvalue weighted by atomic mass is 14.7. The molecular weight excluding hydrogens is 218 g/mol. The first-order chi connectivity index (χ1) is 8.69. The SMILES string of the molecule is CCC(CC)CC1(N)CCCCc2ccccc21. The molecule has 1 heteroatoms. The molecule has 1 unspecified atom stereocenters. The molecule has 18 heavy (non-hydrogen) atoms. The molecule has 1 aliphatic carbocycles. The number of rotatable bonds is 4. The van der Waals surface area contributed by atoms with E-state index < -0.39 is 0 Å². The molecule has 0 spiro atoms. The molecule has 0 saturated carbocycles. The van der Waals surface area contributed by atoms with Gasteiger partial charge < -0.3 is 5.73 Å². The van der Waals surface area contributed by atoms with E-state index in [0.717, 1.165) is 18.8 Å². The zero-order valence-electron chi connectivity index (χ0n) is 11.9. The van der Waals surface area contributed by atoms with Crippen LogP contribution in [-0.4, -0.2) is 0 Å². The van der Waals surface area contributed by atoms with Gasteiger partial charge in [0.2, 0.25) is 0 Å². The molecule has 0 heterocycles. The number of aryl methyl sites for hydroxylation is 1. The summed E-state index contributed by atoms with van der Waals surface area (Å²) in [6.45, 7) is 4.58. The van der Waals surface area contributed by atoms with Gasteiger partial charge in [-0.1, -0.05) is 57.4 Å². The van der Waals surface area contributed by atoms with Crippen molar-refractivity contribution >= 4 is 0 Å². The number of hydrogen-bond acceptors (Lipinski definition) is 1. The highest BCUT2D eigenvalue weighted by Crippen LogP contribution is 2.38. The molecule has 0 fully saturated rings. The second-order valence-corrected chi connectivity index (χ2v) is 5.91. The van der Waals surface area contributed by atoms with Crippen molar-refractivity contribution in [2.75, 3.05) is 0 Å². The fourth-order valence-electron chi connectivity index (χ4n) is 3.42. The monoisotopic (exact) mass is 245 g/mol. The largest absolute Gasteiger partial charge is 0.321 e. The van der Waals surface area contributed by atoms with Crippen molar-refractivity contribution in [3.8, 4) is 0 Å². The molecule has 1 aromatic rings. The smallest absolute Gasteiger partial charge is 0.0415 e. The van der Waals surface area contributed by atoms with Crippen LogP contribution in [0.25, 0.3) is 0 Å². The maximum Gasteiger partial charge on any atom is 0.0415 e. The van der Waals surface area contributed by atoms with Crippen molar-refractivity contribution in [2.45, 2.75) is 64.3 Å². The lowest BCUT2D eigenvalue weighted by atomic mass is 9.77. The van der Waals surface area contributed by atoms with Gasteiger partial charge in [-0.25, -0.2) is 0 Å². The van der Waals surface area contributed by atoms with Crippen molar-refractivity contribution in [3.05, 3.63) is 35.4 Å². The lowest BCUT2D eigenvalue weighted by Gasteiger charge is -2.33. The maximum atomic E-state index is 6.82. The van der Waals surface area contributed by atoms with E-state index in [9.17, 15) is 0 Å². The van der Waals surface area contributed by atoms with E-state index in [4.69, 9.17) is 5.73 Å². The highest BCUT2D eigenvalue weighted by Gasteiger charge is 2.32. The van der Waals surface area contributed by atoms with Gasteiger partial charge in [0.05, 0.1) is 0 Å². The number of fused-ring (bicyclic) bond motifs is 1. The quantitative estimate of drug-likeness (QED) is 0.782. The summed E-state index contributed by atoms with van der Waals surface area (Å²) in [4.78, 5) is 0. The van der Waals surface area contributed by atoms with Crippen LogP contribution in [0.5, 0.6) is 0 Å².